The minimum atomic E-state index is -1.29. The normalized spacial score (nSPS) is 23.7. The van der Waals surface area contributed by atoms with Crippen LogP contribution < -0.4 is 4.74 Å². The van der Waals surface area contributed by atoms with Crippen LogP contribution in [0.3, 0.4) is 0 Å². The summed E-state index contributed by atoms with van der Waals surface area (Å²) in [5.74, 6) is -2.28. The van der Waals surface area contributed by atoms with Crippen LogP contribution in [-0.2, 0) is 42.9 Å². The van der Waals surface area contributed by atoms with Gasteiger partial charge in [-0.3, -0.25) is 19.2 Å². The summed E-state index contributed by atoms with van der Waals surface area (Å²) in [6.07, 6.45) is -6.20. The van der Waals surface area contributed by atoms with Crippen molar-refractivity contribution in [3.63, 3.8) is 0 Å². The van der Waals surface area contributed by atoms with Crippen LogP contribution in [0.25, 0.3) is 10.8 Å². The van der Waals surface area contributed by atoms with Gasteiger partial charge in [0.15, 0.2) is 12.2 Å². The summed E-state index contributed by atoms with van der Waals surface area (Å²) < 4.78 is 34.2. The number of hydrogen-bond donors (Lipinski definition) is 0. The molecule has 0 N–H and O–H groups in total. The van der Waals surface area contributed by atoms with Crippen molar-refractivity contribution >= 4 is 57.2 Å². The van der Waals surface area contributed by atoms with Gasteiger partial charge in [-0.15, -0.1) is 0 Å². The van der Waals surface area contributed by atoms with Gasteiger partial charge in [0.2, 0.25) is 12.4 Å². The average Bonchev–Trinajstić information content (AvgIpc) is 2.77. The van der Waals surface area contributed by atoms with E-state index in [-0.39, 0.29) is 6.61 Å². The SMILES string of the molecule is CC(=O)OC[C@H]1O[C@@H](Oc2ccc3ccccc3c2I)[C@H](OC(C)=O)[C@@H](OC(C)=O)[C@H]1OC(C)=O. The topological polar surface area (TPSA) is 124 Å². The number of fused-ring (bicyclic) bond motifs is 1. The summed E-state index contributed by atoms with van der Waals surface area (Å²) in [6, 6.07) is 11.3. The van der Waals surface area contributed by atoms with E-state index >= 15 is 0 Å². The van der Waals surface area contributed by atoms with Crippen molar-refractivity contribution in [3.8, 4) is 5.75 Å². The Bertz CT molecular complexity index is 1120. The monoisotopic (exact) mass is 600 g/mol. The fourth-order valence-electron chi connectivity index (χ4n) is 3.71. The van der Waals surface area contributed by atoms with Gasteiger partial charge in [0.25, 0.3) is 0 Å². The Labute approximate surface area is 215 Å². The largest absolute Gasteiger partial charge is 0.463 e. The molecule has 0 spiro atoms. The van der Waals surface area contributed by atoms with Crippen molar-refractivity contribution in [2.24, 2.45) is 0 Å². The van der Waals surface area contributed by atoms with E-state index in [9.17, 15) is 19.2 Å². The second kappa shape index (κ2) is 11.7. The lowest BCUT2D eigenvalue weighted by atomic mass is 9.98. The molecule has 1 heterocycles. The Morgan fingerprint density at radius 3 is 2.03 bits per heavy atom. The summed E-state index contributed by atoms with van der Waals surface area (Å²) in [6.45, 7) is 4.38. The molecule has 0 amide bonds. The van der Waals surface area contributed by atoms with Gasteiger partial charge in [0, 0.05) is 27.7 Å². The number of hydrogen-bond acceptors (Lipinski definition) is 10. The lowest BCUT2D eigenvalue weighted by Gasteiger charge is -2.44. The first-order chi connectivity index (χ1) is 16.6. The molecule has 0 aliphatic carbocycles. The molecule has 5 atom stereocenters. The van der Waals surface area contributed by atoms with E-state index in [0.29, 0.717) is 5.75 Å². The van der Waals surface area contributed by atoms with Crippen LogP contribution in [0, 0.1) is 3.57 Å². The van der Waals surface area contributed by atoms with Crippen LogP contribution in [-0.4, -0.2) is 61.2 Å². The van der Waals surface area contributed by atoms with Gasteiger partial charge < -0.3 is 28.4 Å². The molecule has 10 nitrogen and oxygen atoms in total. The van der Waals surface area contributed by atoms with Gasteiger partial charge in [-0.1, -0.05) is 30.3 Å². The summed E-state index contributed by atoms with van der Waals surface area (Å²) in [5.41, 5.74) is 0. The Morgan fingerprint density at radius 1 is 0.800 bits per heavy atom. The van der Waals surface area contributed by atoms with E-state index in [2.05, 4.69) is 22.6 Å². The first-order valence-corrected chi connectivity index (χ1v) is 11.8. The van der Waals surface area contributed by atoms with Crippen molar-refractivity contribution in [1.29, 1.82) is 0 Å². The van der Waals surface area contributed by atoms with Gasteiger partial charge in [-0.05, 0) is 39.4 Å². The predicted molar refractivity (Wildman–Crippen MR) is 129 cm³/mol. The number of carbonyl (C=O) groups is 4. The number of esters is 4. The van der Waals surface area contributed by atoms with E-state index in [1.165, 1.54) is 13.8 Å². The third-order valence-corrected chi connectivity index (χ3v) is 6.13. The molecule has 0 unspecified atom stereocenters. The molecule has 0 saturated carbocycles. The first-order valence-electron chi connectivity index (χ1n) is 10.7. The fraction of sp³-hybridized carbons (Fsp3) is 0.417. The molecular formula is C24H25IO10. The van der Waals surface area contributed by atoms with Crippen molar-refractivity contribution < 1.29 is 47.6 Å². The maximum absolute atomic E-state index is 12.0. The van der Waals surface area contributed by atoms with Crippen molar-refractivity contribution in [2.45, 2.75) is 58.4 Å². The quantitative estimate of drug-likeness (QED) is 0.266. The molecule has 2 aromatic carbocycles. The number of benzene rings is 2. The highest BCUT2D eigenvalue weighted by Crippen LogP contribution is 2.34. The Kier molecular flexibility index (Phi) is 8.89. The highest BCUT2D eigenvalue weighted by molar-refractivity contribution is 14.1. The molecule has 188 valence electrons. The molecule has 1 saturated heterocycles. The molecule has 0 aromatic heterocycles. The van der Waals surface area contributed by atoms with Crippen LogP contribution in [0.1, 0.15) is 27.7 Å². The lowest BCUT2D eigenvalue weighted by Crippen LogP contribution is -2.63. The second-order valence-corrected chi connectivity index (χ2v) is 8.86. The van der Waals surface area contributed by atoms with E-state index < -0.39 is 54.6 Å². The molecule has 35 heavy (non-hydrogen) atoms. The third kappa shape index (κ3) is 6.82. The minimum Gasteiger partial charge on any atom is -0.463 e. The molecular weight excluding hydrogens is 575 g/mol. The molecule has 3 rings (SSSR count). The van der Waals surface area contributed by atoms with E-state index in [0.717, 1.165) is 28.2 Å². The fourth-order valence-corrected chi connectivity index (χ4v) is 4.51. The van der Waals surface area contributed by atoms with Crippen molar-refractivity contribution in [2.75, 3.05) is 6.61 Å². The van der Waals surface area contributed by atoms with Crippen LogP contribution in [0.4, 0.5) is 0 Å². The molecule has 0 radical (unpaired) electrons. The Morgan fingerprint density at radius 2 is 1.40 bits per heavy atom. The maximum Gasteiger partial charge on any atom is 0.303 e. The summed E-state index contributed by atoms with van der Waals surface area (Å²) in [4.78, 5) is 47.2. The van der Waals surface area contributed by atoms with Gasteiger partial charge >= 0.3 is 23.9 Å². The molecule has 1 fully saturated rings. The molecule has 0 bridgehead atoms. The van der Waals surface area contributed by atoms with Gasteiger partial charge in [0.1, 0.15) is 18.5 Å². The average molecular weight is 600 g/mol. The summed E-state index contributed by atoms with van der Waals surface area (Å²) in [5, 5.41) is 1.92. The second-order valence-electron chi connectivity index (χ2n) is 7.78. The zero-order valence-electron chi connectivity index (χ0n) is 19.5. The zero-order valence-corrected chi connectivity index (χ0v) is 21.7. The third-order valence-electron chi connectivity index (χ3n) is 5.02. The van der Waals surface area contributed by atoms with E-state index in [1.807, 2.05) is 30.3 Å². The van der Waals surface area contributed by atoms with Crippen LogP contribution in [0.15, 0.2) is 36.4 Å². The van der Waals surface area contributed by atoms with Crippen molar-refractivity contribution in [1.82, 2.24) is 0 Å². The highest BCUT2D eigenvalue weighted by atomic mass is 127. The molecule has 2 aromatic rings. The number of rotatable bonds is 7. The van der Waals surface area contributed by atoms with Gasteiger partial charge in [-0.2, -0.15) is 0 Å². The van der Waals surface area contributed by atoms with Crippen LogP contribution in [0.2, 0.25) is 0 Å². The van der Waals surface area contributed by atoms with Crippen molar-refractivity contribution in [3.05, 3.63) is 40.0 Å². The Hall–Kier alpha value is -2.93. The van der Waals surface area contributed by atoms with Gasteiger partial charge in [0.05, 0.1) is 3.57 Å². The number of ether oxygens (including phenoxy) is 6. The number of carbonyl (C=O) groups excluding carboxylic acids is 4. The first kappa shape index (κ1) is 26.7. The highest BCUT2D eigenvalue weighted by Gasteiger charge is 2.53. The zero-order chi connectivity index (χ0) is 25.7. The molecule has 11 heteroatoms. The standard InChI is InChI=1S/C24H25IO10/c1-12(26)30-11-19-21(31-13(2)27)22(32-14(3)28)23(33-15(4)29)24(35-19)34-18-10-9-16-7-5-6-8-17(16)20(18)25/h5-10,19,21-24H,11H2,1-4H3/t19-,21+,22+,23-,24-/m1/s1. The summed E-state index contributed by atoms with van der Waals surface area (Å²) in [7, 11) is 0. The molecule has 1 aliphatic heterocycles. The number of halogens is 1. The minimum absolute atomic E-state index is 0.327. The van der Waals surface area contributed by atoms with Gasteiger partial charge in [-0.25, -0.2) is 0 Å². The smallest absolute Gasteiger partial charge is 0.303 e. The van der Waals surface area contributed by atoms with E-state index in [1.54, 1.807) is 6.07 Å². The predicted octanol–water partition coefficient (Wildman–Crippen LogP) is 2.91. The maximum atomic E-state index is 12.0. The van der Waals surface area contributed by atoms with E-state index in [4.69, 9.17) is 28.4 Å². The Balaban J connectivity index is 2.03. The lowest BCUT2D eigenvalue weighted by molar-refractivity contribution is -0.288. The summed E-state index contributed by atoms with van der Waals surface area (Å²) >= 11 is 2.13. The van der Waals surface area contributed by atoms with Crippen LogP contribution >= 0.6 is 22.6 Å². The molecule has 1 aliphatic rings. The van der Waals surface area contributed by atoms with Crippen LogP contribution in [0.5, 0.6) is 5.75 Å².